The first kappa shape index (κ1) is 20.0. The largest absolute Gasteiger partial charge is 0.381 e. The second-order valence-electron chi connectivity index (χ2n) is 6.25. The smallest absolute Gasteiger partial charge is 0.190 e. The molecule has 6 heteroatoms. The van der Waals surface area contributed by atoms with E-state index < -0.39 is 0 Å². The van der Waals surface area contributed by atoms with Crippen LogP contribution in [-0.4, -0.2) is 52.5 Å². The molecule has 1 fully saturated rings. The molecule has 0 atom stereocenters. The fourth-order valence-electron chi connectivity index (χ4n) is 2.78. The number of nitrogens with zero attached hydrogens (tertiary/aromatic N) is 1. The minimum atomic E-state index is 0.668. The molecule has 1 saturated heterocycles. The minimum Gasteiger partial charge on any atom is -0.381 e. The van der Waals surface area contributed by atoms with Gasteiger partial charge in [-0.3, -0.25) is 4.99 Å². The summed E-state index contributed by atoms with van der Waals surface area (Å²) in [5.74, 6) is 1.48. The molecule has 0 saturated carbocycles. The summed E-state index contributed by atoms with van der Waals surface area (Å²) in [6, 6.07) is 7.93. The molecule has 0 bridgehead atoms. The van der Waals surface area contributed by atoms with Crippen molar-refractivity contribution in [3.63, 3.8) is 0 Å². The van der Waals surface area contributed by atoms with Crippen molar-refractivity contribution in [1.82, 2.24) is 10.6 Å². The van der Waals surface area contributed by atoms with Crippen LogP contribution in [0.3, 0.4) is 0 Å². The van der Waals surface area contributed by atoms with E-state index in [0.29, 0.717) is 5.92 Å². The van der Waals surface area contributed by atoms with Crippen LogP contribution < -0.4 is 10.6 Å². The number of aliphatic imine (C=N–C) groups is 1. The third-order valence-corrected chi connectivity index (χ3v) is 4.69. The first-order valence-electron chi connectivity index (χ1n) is 9.13. The number of guanidine groups is 1. The van der Waals surface area contributed by atoms with Gasteiger partial charge in [0.05, 0.1) is 0 Å². The Morgan fingerprint density at radius 3 is 2.76 bits per heavy atom. The van der Waals surface area contributed by atoms with E-state index in [9.17, 15) is 0 Å². The summed E-state index contributed by atoms with van der Waals surface area (Å²) in [5.41, 5.74) is 1.15. The summed E-state index contributed by atoms with van der Waals surface area (Å²) < 4.78 is 11.1. The summed E-state index contributed by atoms with van der Waals surface area (Å²) in [6.07, 6.45) is 4.09. The molecule has 2 rings (SSSR count). The van der Waals surface area contributed by atoms with Gasteiger partial charge in [-0.15, -0.1) is 0 Å². The van der Waals surface area contributed by atoms with E-state index in [-0.39, 0.29) is 0 Å². The molecule has 1 heterocycles. The lowest BCUT2D eigenvalue weighted by atomic mass is 10.0. The maximum Gasteiger partial charge on any atom is 0.190 e. The van der Waals surface area contributed by atoms with Crippen molar-refractivity contribution < 1.29 is 9.47 Å². The molecule has 1 aliphatic rings. The molecule has 5 nitrogen and oxygen atoms in total. The SMILES string of the molecule is CN=C(NCCCOCC1CCOCC1)NCCc1ccccc1Cl. The second-order valence-corrected chi connectivity index (χ2v) is 6.66. The van der Waals surface area contributed by atoms with Crippen LogP contribution in [0.5, 0.6) is 0 Å². The van der Waals surface area contributed by atoms with Crippen molar-refractivity contribution in [2.45, 2.75) is 25.7 Å². The van der Waals surface area contributed by atoms with Crippen LogP contribution in [0, 0.1) is 5.92 Å². The Labute approximate surface area is 156 Å². The molecule has 0 aliphatic carbocycles. The van der Waals surface area contributed by atoms with Gasteiger partial charge in [0.2, 0.25) is 0 Å². The lowest BCUT2D eigenvalue weighted by Gasteiger charge is -2.21. The van der Waals surface area contributed by atoms with Crippen LogP contribution in [-0.2, 0) is 15.9 Å². The first-order valence-corrected chi connectivity index (χ1v) is 9.51. The molecule has 0 spiro atoms. The fourth-order valence-corrected chi connectivity index (χ4v) is 3.01. The maximum atomic E-state index is 6.17. The van der Waals surface area contributed by atoms with Crippen molar-refractivity contribution in [2.75, 3.05) is 46.6 Å². The highest BCUT2D eigenvalue weighted by Gasteiger charge is 2.13. The van der Waals surface area contributed by atoms with Gasteiger partial charge >= 0.3 is 0 Å². The van der Waals surface area contributed by atoms with Crippen LogP contribution in [0.25, 0.3) is 0 Å². The second kappa shape index (κ2) is 12.1. The lowest BCUT2D eigenvalue weighted by molar-refractivity contribution is 0.0203. The lowest BCUT2D eigenvalue weighted by Crippen LogP contribution is -2.39. The third-order valence-electron chi connectivity index (χ3n) is 4.32. The van der Waals surface area contributed by atoms with E-state index in [1.54, 1.807) is 7.05 Å². The highest BCUT2D eigenvalue weighted by molar-refractivity contribution is 6.31. The molecule has 1 aromatic rings. The topological polar surface area (TPSA) is 54.9 Å². The number of benzene rings is 1. The normalized spacial score (nSPS) is 16.0. The summed E-state index contributed by atoms with van der Waals surface area (Å²) in [4.78, 5) is 4.24. The molecule has 0 unspecified atom stereocenters. The van der Waals surface area contributed by atoms with Gasteiger partial charge in [-0.25, -0.2) is 0 Å². The zero-order valence-corrected chi connectivity index (χ0v) is 15.9. The summed E-state index contributed by atoms with van der Waals surface area (Å²) in [6.45, 7) is 5.04. The average Bonchev–Trinajstić information content (AvgIpc) is 2.65. The van der Waals surface area contributed by atoms with Gasteiger partial charge < -0.3 is 20.1 Å². The Bertz CT molecular complexity index is 519. The summed E-state index contributed by atoms with van der Waals surface area (Å²) in [5, 5.41) is 7.44. The van der Waals surface area contributed by atoms with Crippen LogP contribution in [0.4, 0.5) is 0 Å². The number of ether oxygens (including phenoxy) is 2. The quantitative estimate of drug-likeness (QED) is 0.400. The highest BCUT2D eigenvalue weighted by Crippen LogP contribution is 2.15. The fraction of sp³-hybridized carbons (Fsp3) is 0.632. The zero-order valence-electron chi connectivity index (χ0n) is 15.1. The van der Waals surface area contributed by atoms with E-state index in [1.165, 1.54) is 0 Å². The predicted octanol–water partition coefficient (Wildman–Crippen LogP) is 2.88. The van der Waals surface area contributed by atoms with Crippen LogP contribution in [0.15, 0.2) is 29.3 Å². The third kappa shape index (κ3) is 8.08. The Kier molecular flexibility index (Phi) is 9.70. The van der Waals surface area contributed by atoms with Crippen molar-refractivity contribution in [3.05, 3.63) is 34.9 Å². The van der Waals surface area contributed by atoms with E-state index in [4.69, 9.17) is 21.1 Å². The van der Waals surface area contributed by atoms with Crippen LogP contribution in [0.2, 0.25) is 5.02 Å². The van der Waals surface area contributed by atoms with Crippen LogP contribution >= 0.6 is 11.6 Å². The number of hydrogen-bond donors (Lipinski definition) is 2. The molecule has 0 radical (unpaired) electrons. The first-order chi connectivity index (χ1) is 12.3. The van der Waals surface area contributed by atoms with Gasteiger partial charge in [-0.05, 0) is 43.2 Å². The van der Waals surface area contributed by atoms with Crippen LogP contribution in [0.1, 0.15) is 24.8 Å². The van der Waals surface area contributed by atoms with Gasteiger partial charge in [-0.2, -0.15) is 0 Å². The number of hydrogen-bond acceptors (Lipinski definition) is 3. The minimum absolute atomic E-state index is 0.668. The Morgan fingerprint density at radius 1 is 1.24 bits per heavy atom. The van der Waals surface area contributed by atoms with Crippen molar-refractivity contribution in [3.8, 4) is 0 Å². The number of rotatable bonds is 9. The molecule has 0 amide bonds. The molecular formula is C19H30ClN3O2. The average molecular weight is 368 g/mol. The van der Waals surface area contributed by atoms with E-state index in [2.05, 4.69) is 21.7 Å². The standard InChI is InChI=1S/C19H30ClN3O2/c1-21-19(23-11-7-17-5-2-3-6-18(17)20)22-10-4-12-25-15-16-8-13-24-14-9-16/h2-3,5-6,16H,4,7-15H2,1H3,(H2,21,22,23). The highest BCUT2D eigenvalue weighted by atomic mass is 35.5. The van der Waals surface area contributed by atoms with Gasteiger partial charge in [0.1, 0.15) is 0 Å². The number of nitrogens with one attached hydrogen (secondary N) is 2. The molecule has 0 aromatic heterocycles. The van der Waals surface area contributed by atoms with Gasteiger partial charge in [0, 0.05) is 51.6 Å². The van der Waals surface area contributed by atoms with E-state index >= 15 is 0 Å². The number of halogens is 1. The molecular weight excluding hydrogens is 338 g/mol. The molecule has 1 aromatic carbocycles. The molecule has 1 aliphatic heterocycles. The predicted molar refractivity (Wildman–Crippen MR) is 103 cm³/mol. The van der Waals surface area contributed by atoms with Gasteiger partial charge in [0.15, 0.2) is 5.96 Å². The Balaban J connectivity index is 1.51. The Morgan fingerprint density at radius 2 is 2.00 bits per heavy atom. The monoisotopic (exact) mass is 367 g/mol. The summed E-state index contributed by atoms with van der Waals surface area (Å²) in [7, 11) is 1.78. The van der Waals surface area contributed by atoms with E-state index in [1.807, 2.05) is 18.2 Å². The zero-order chi connectivity index (χ0) is 17.7. The van der Waals surface area contributed by atoms with E-state index in [0.717, 1.165) is 81.7 Å². The van der Waals surface area contributed by atoms with Crippen molar-refractivity contribution in [1.29, 1.82) is 0 Å². The maximum absolute atomic E-state index is 6.17. The van der Waals surface area contributed by atoms with Crippen molar-refractivity contribution >= 4 is 17.6 Å². The Hall–Kier alpha value is -1.30. The molecule has 2 N–H and O–H groups in total. The molecule has 25 heavy (non-hydrogen) atoms. The van der Waals surface area contributed by atoms with Crippen molar-refractivity contribution in [2.24, 2.45) is 10.9 Å². The molecule has 140 valence electrons. The van der Waals surface area contributed by atoms with Gasteiger partial charge in [-0.1, -0.05) is 29.8 Å². The van der Waals surface area contributed by atoms with Gasteiger partial charge in [0.25, 0.3) is 0 Å². The summed E-state index contributed by atoms with van der Waals surface area (Å²) >= 11 is 6.17.